The molecule has 1 heterocycles. The quantitative estimate of drug-likeness (QED) is 0.517. The molecule has 0 aromatic carbocycles. The van der Waals surface area contributed by atoms with Gasteiger partial charge < -0.3 is 4.84 Å². The van der Waals surface area contributed by atoms with Crippen molar-refractivity contribution in [1.82, 2.24) is 0 Å². The average Bonchev–Trinajstić information content (AvgIpc) is 2.60. The first-order chi connectivity index (χ1) is 5.36. The van der Waals surface area contributed by atoms with Gasteiger partial charge in [0.25, 0.3) is 0 Å². The summed E-state index contributed by atoms with van der Waals surface area (Å²) in [4.78, 5) is 5.41. The third kappa shape index (κ3) is 0.608. The van der Waals surface area contributed by atoms with Crippen molar-refractivity contribution in [2.75, 3.05) is 0 Å². The summed E-state index contributed by atoms with van der Waals surface area (Å²) in [5.74, 6) is 2.45. The topological polar surface area (TPSA) is 21.6 Å². The van der Waals surface area contributed by atoms with E-state index in [0.29, 0.717) is 12.0 Å². The molecule has 0 N–H and O–H groups in total. The Bertz CT molecular complexity index is 224. The molecule has 0 amide bonds. The first-order valence-corrected chi connectivity index (χ1v) is 4.56. The molecular formula is C9H13NO. The monoisotopic (exact) mass is 151 g/mol. The minimum absolute atomic E-state index is 0.480. The first kappa shape index (κ1) is 6.04. The molecule has 0 saturated heterocycles. The van der Waals surface area contributed by atoms with Gasteiger partial charge in [-0.15, -0.1) is 0 Å². The lowest BCUT2D eigenvalue weighted by atomic mass is 9.84. The standard InChI is InChI=1S/C9H13NO/c1-5-8-6-2-3-7(4-6)9(8)11-10-5/h6-9H,2-4H2,1H3/t6-,7-,8-,9+/m0/s1. The fourth-order valence-corrected chi connectivity index (χ4v) is 3.17. The summed E-state index contributed by atoms with van der Waals surface area (Å²) in [6.07, 6.45) is 4.69. The van der Waals surface area contributed by atoms with Gasteiger partial charge in [0.1, 0.15) is 6.10 Å². The van der Waals surface area contributed by atoms with E-state index in [0.717, 1.165) is 11.8 Å². The van der Waals surface area contributed by atoms with Crippen LogP contribution in [0.5, 0.6) is 0 Å². The summed E-state index contributed by atoms with van der Waals surface area (Å²) in [6, 6.07) is 0. The minimum atomic E-state index is 0.480. The summed E-state index contributed by atoms with van der Waals surface area (Å²) < 4.78 is 0. The van der Waals surface area contributed by atoms with E-state index in [9.17, 15) is 0 Å². The average molecular weight is 151 g/mol. The van der Waals surface area contributed by atoms with E-state index in [-0.39, 0.29) is 0 Å². The van der Waals surface area contributed by atoms with Crippen molar-refractivity contribution in [2.45, 2.75) is 32.3 Å². The Morgan fingerprint density at radius 3 is 3.00 bits per heavy atom. The Balaban J connectivity index is 1.96. The van der Waals surface area contributed by atoms with Crippen LogP contribution in [0.25, 0.3) is 0 Å². The highest BCUT2D eigenvalue weighted by Crippen LogP contribution is 2.52. The van der Waals surface area contributed by atoms with E-state index in [1.807, 2.05) is 0 Å². The smallest absolute Gasteiger partial charge is 0.138 e. The van der Waals surface area contributed by atoms with Crippen LogP contribution in [0, 0.1) is 17.8 Å². The molecular weight excluding hydrogens is 138 g/mol. The number of oxime groups is 1. The lowest BCUT2D eigenvalue weighted by molar-refractivity contribution is 0.0275. The number of rotatable bonds is 0. The fourth-order valence-electron chi connectivity index (χ4n) is 3.17. The van der Waals surface area contributed by atoms with Crippen molar-refractivity contribution in [3.8, 4) is 0 Å². The SMILES string of the molecule is CC1=NO[C@@H]2[C@H]3CC[C@@H](C3)[C@H]12. The summed E-state index contributed by atoms with van der Waals surface area (Å²) in [5.41, 5.74) is 1.25. The summed E-state index contributed by atoms with van der Waals surface area (Å²) in [7, 11) is 0. The Labute approximate surface area is 66.6 Å². The molecule has 4 atom stereocenters. The largest absolute Gasteiger partial charge is 0.392 e. The van der Waals surface area contributed by atoms with Crippen LogP contribution in [-0.4, -0.2) is 11.8 Å². The highest BCUT2D eigenvalue weighted by Gasteiger charge is 2.52. The maximum absolute atomic E-state index is 5.41. The zero-order valence-electron chi connectivity index (χ0n) is 6.79. The van der Waals surface area contributed by atoms with Gasteiger partial charge in [0.05, 0.1) is 5.71 Å². The summed E-state index contributed by atoms with van der Waals surface area (Å²) >= 11 is 0. The summed E-state index contributed by atoms with van der Waals surface area (Å²) in [5, 5.41) is 4.08. The molecule has 2 heteroatoms. The Morgan fingerprint density at radius 1 is 1.36 bits per heavy atom. The molecule has 2 saturated carbocycles. The number of hydrogen-bond acceptors (Lipinski definition) is 2. The third-order valence-electron chi connectivity index (χ3n) is 3.64. The molecule has 3 rings (SSSR count). The number of hydrogen-bond donors (Lipinski definition) is 0. The molecule has 0 spiro atoms. The van der Waals surface area contributed by atoms with Gasteiger partial charge in [-0.3, -0.25) is 0 Å². The van der Waals surface area contributed by atoms with Crippen LogP contribution >= 0.6 is 0 Å². The van der Waals surface area contributed by atoms with E-state index < -0.39 is 0 Å². The normalized spacial score (nSPS) is 52.3. The molecule has 2 aliphatic carbocycles. The van der Waals surface area contributed by atoms with Crippen molar-refractivity contribution < 1.29 is 4.84 Å². The van der Waals surface area contributed by atoms with Crippen LogP contribution in [0.2, 0.25) is 0 Å². The second-order valence-corrected chi connectivity index (χ2v) is 4.16. The van der Waals surface area contributed by atoms with Gasteiger partial charge in [-0.05, 0) is 38.0 Å². The molecule has 0 aromatic rings. The lowest BCUT2D eigenvalue weighted by Crippen LogP contribution is -2.28. The van der Waals surface area contributed by atoms with Gasteiger partial charge in [-0.25, -0.2) is 0 Å². The molecule has 2 fully saturated rings. The molecule has 3 aliphatic rings. The van der Waals surface area contributed by atoms with E-state index in [1.54, 1.807) is 0 Å². The van der Waals surface area contributed by atoms with Crippen LogP contribution in [-0.2, 0) is 4.84 Å². The van der Waals surface area contributed by atoms with Crippen molar-refractivity contribution in [3.05, 3.63) is 0 Å². The van der Waals surface area contributed by atoms with Gasteiger partial charge in [-0.1, -0.05) is 5.16 Å². The van der Waals surface area contributed by atoms with Crippen molar-refractivity contribution in [1.29, 1.82) is 0 Å². The second-order valence-electron chi connectivity index (χ2n) is 4.16. The maximum Gasteiger partial charge on any atom is 0.138 e. The Kier molecular flexibility index (Phi) is 0.984. The molecule has 0 radical (unpaired) electrons. The molecule has 60 valence electrons. The van der Waals surface area contributed by atoms with E-state index in [1.165, 1.54) is 25.0 Å². The van der Waals surface area contributed by atoms with E-state index >= 15 is 0 Å². The zero-order chi connectivity index (χ0) is 7.42. The predicted molar refractivity (Wildman–Crippen MR) is 42.3 cm³/mol. The lowest BCUT2D eigenvalue weighted by Gasteiger charge is -2.21. The Morgan fingerprint density at radius 2 is 2.18 bits per heavy atom. The van der Waals surface area contributed by atoms with Gasteiger partial charge in [0.15, 0.2) is 0 Å². The van der Waals surface area contributed by atoms with Crippen molar-refractivity contribution in [3.63, 3.8) is 0 Å². The van der Waals surface area contributed by atoms with Crippen LogP contribution in [0.4, 0.5) is 0 Å². The van der Waals surface area contributed by atoms with Gasteiger partial charge in [0.2, 0.25) is 0 Å². The van der Waals surface area contributed by atoms with Crippen LogP contribution in [0.1, 0.15) is 26.2 Å². The number of fused-ring (bicyclic) bond motifs is 5. The Hall–Kier alpha value is -0.530. The minimum Gasteiger partial charge on any atom is -0.392 e. The van der Waals surface area contributed by atoms with Gasteiger partial charge >= 0.3 is 0 Å². The van der Waals surface area contributed by atoms with Gasteiger partial charge in [-0.2, -0.15) is 0 Å². The molecule has 0 unspecified atom stereocenters. The summed E-state index contributed by atoms with van der Waals surface area (Å²) in [6.45, 7) is 2.12. The maximum atomic E-state index is 5.41. The highest BCUT2D eigenvalue weighted by molar-refractivity contribution is 5.86. The third-order valence-corrected chi connectivity index (χ3v) is 3.64. The fraction of sp³-hybridized carbons (Fsp3) is 0.889. The molecule has 2 bridgehead atoms. The second kappa shape index (κ2) is 1.79. The van der Waals surface area contributed by atoms with Crippen LogP contribution in [0.3, 0.4) is 0 Å². The van der Waals surface area contributed by atoms with Gasteiger partial charge in [0, 0.05) is 5.92 Å². The molecule has 1 aliphatic heterocycles. The van der Waals surface area contributed by atoms with Crippen LogP contribution in [0.15, 0.2) is 5.16 Å². The molecule has 0 aromatic heterocycles. The molecule has 11 heavy (non-hydrogen) atoms. The predicted octanol–water partition coefficient (Wildman–Crippen LogP) is 1.81. The van der Waals surface area contributed by atoms with Crippen molar-refractivity contribution >= 4 is 5.71 Å². The molecule has 2 nitrogen and oxygen atoms in total. The van der Waals surface area contributed by atoms with E-state index in [4.69, 9.17) is 4.84 Å². The highest BCUT2D eigenvalue weighted by atomic mass is 16.6. The van der Waals surface area contributed by atoms with Crippen molar-refractivity contribution in [2.24, 2.45) is 22.9 Å². The van der Waals surface area contributed by atoms with Crippen LogP contribution < -0.4 is 0 Å². The first-order valence-electron chi connectivity index (χ1n) is 4.56. The number of nitrogens with zero attached hydrogens (tertiary/aromatic N) is 1. The zero-order valence-corrected chi connectivity index (χ0v) is 6.79. The van der Waals surface area contributed by atoms with E-state index in [2.05, 4.69) is 12.1 Å².